The summed E-state index contributed by atoms with van der Waals surface area (Å²) in [5, 5.41) is 3.36. The third kappa shape index (κ3) is 3.65. The monoisotopic (exact) mass is 371 g/mol. The summed E-state index contributed by atoms with van der Waals surface area (Å²) >= 11 is 3.36. The number of carbonyl (C=O) groups is 1. The molecule has 0 spiro atoms. The lowest BCUT2D eigenvalue weighted by Gasteiger charge is -2.08. The van der Waals surface area contributed by atoms with Gasteiger partial charge in [-0.3, -0.25) is 14.2 Å². The van der Waals surface area contributed by atoms with Crippen LogP contribution in [0.15, 0.2) is 64.1 Å². The summed E-state index contributed by atoms with van der Waals surface area (Å²) in [6.07, 6.45) is 1.68. The van der Waals surface area contributed by atoms with Crippen molar-refractivity contribution in [2.75, 3.05) is 5.32 Å². The summed E-state index contributed by atoms with van der Waals surface area (Å²) in [6, 6.07) is 14.5. The number of amides is 1. The van der Waals surface area contributed by atoms with Crippen LogP contribution in [0.3, 0.4) is 0 Å². The first-order valence-electron chi connectivity index (χ1n) is 7.13. The Hall–Kier alpha value is -2.47. The van der Waals surface area contributed by atoms with E-state index in [1.807, 2.05) is 30.3 Å². The summed E-state index contributed by atoms with van der Waals surface area (Å²) in [4.78, 5) is 28.6. The molecule has 0 aliphatic carbocycles. The van der Waals surface area contributed by atoms with Crippen LogP contribution in [0.2, 0.25) is 0 Å². The molecule has 116 valence electrons. The topological polar surface area (TPSA) is 64.0 Å². The minimum absolute atomic E-state index is 0.133. The van der Waals surface area contributed by atoms with Crippen LogP contribution in [0.5, 0.6) is 0 Å². The number of halogens is 1. The number of hydrogen-bond donors (Lipinski definition) is 1. The molecule has 1 heterocycles. The van der Waals surface area contributed by atoms with Gasteiger partial charge < -0.3 is 5.32 Å². The van der Waals surface area contributed by atoms with Gasteiger partial charge in [-0.05, 0) is 30.3 Å². The first kappa shape index (κ1) is 15.4. The normalized spacial score (nSPS) is 10.7. The fourth-order valence-corrected chi connectivity index (χ4v) is 2.68. The molecule has 5 nitrogen and oxygen atoms in total. The highest BCUT2D eigenvalue weighted by Gasteiger charge is 2.07. The smallest absolute Gasteiger partial charge is 0.261 e. The molecule has 1 aromatic heterocycles. The van der Waals surface area contributed by atoms with Gasteiger partial charge in [0.25, 0.3) is 5.56 Å². The summed E-state index contributed by atoms with van der Waals surface area (Å²) in [5.74, 6) is -0.150. The van der Waals surface area contributed by atoms with Crippen molar-refractivity contribution in [2.45, 2.75) is 13.0 Å². The van der Waals surface area contributed by atoms with Crippen LogP contribution in [0.25, 0.3) is 10.9 Å². The number of hydrogen-bond acceptors (Lipinski definition) is 3. The second-order valence-electron chi connectivity index (χ2n) is 5.07. The lowest BCUT2D eigenvalue weighted by atomic mass is 10.2. The van der Waals surface area contributed by atoms with Crippen LogP contribution in [0.1, 0.15) is 6.42 Å². The van der Waals surface area contributed by atoms with Crippen LogP contribution in [-0.2, 0) is 11.3 Å². The van der Waals surface area contributed by atoms with Gasteiger partial charge >= 0.3 is 0 Å². The Labute approximate surface area is 141 Å². The van der Waals surface area contributed by atoms with Crippen molar-refractivity contribution in [3.8, 4) is 0 Å². The fraction of sp³-hybridized carbons (Fsp3) is 0.118. The minimum atomic E-state index is -0.150. The molecule has 3 rings (SSSR count). The fourth-order valence-electron chi connectivity index (χ4n) is 2.28. The zero-order valence-corrected chi connectivity index (χ0v) is 13.8. The Bertz CT molecular complexity index is 921. The van der Waals surface area contributed by atoms with Crippen molar-refractivity contribution < 1.29 is 4.79 Å². The van der Waals surface area contributed by atoms with E-state index in [9.17, 15) is 9.59 Å². The molecule has 0 atom stereocenters. The second kappa shape index (κ2) is 6.75. The predicted octanol–water partition coefficient (Wildman–Crippen LogP) is 3.19. The molecule has 0 aliphatic heterocycles. The van der Waals surface area contributed by atoms with Crippen molar-refractivity contribution >= 4 is 38.4 Å². The lowest BCUT2D eigenvalue weighted by Crippen LogP contribution is -2.23. The number of fused-ring (bicyclic) bond motifs is 1. The average molecular weight is 372 g/mol. The highest BCUT2D eigenvalue weighted by molar-refractivity contribution is 9.10. The number of para-hydroxylation sites is 1. The quantitative estimate of drug-likeness (QED) is 0.765. The van der Waals surface area contributed by atoms with E-state index >= 15 is 0 Å². The number of anilines is 1. The molecule has 0 saturated heterocycles. The van der Waals surface area contributed by atoms with Gasteiger partial charge in [-0.15, -0.1) is 0 Å². The largest absolute Gasteiger partial charge is 0.326 e. The number of aromatic nitrogens is 2. The SMILES string of the molecule is O=C(CCn1cnc2ccccc2c1=O)Nc1cccc(Br)c1. The highest BCUT2D eigenvalue weighted by atomic mass is 79.9. The third-order valence-corrected chi connectivity index (χ3v) is 3.91. The van der Waals surface area contributed by atoms with Gasteiger partial charge in [0.05, 0.1) is 17.2 Å². The Kier molecular flexibility index (Phi) is 4.52. The van der Waals surface area contributed by atoms with Gasteiger partial charge in [0.15, 0.2) is 0 Å². The highest BCUT2D eigenvalue weighted by Crippen LogP contribution is 2.15. The number of benzene rings is 2. The van der Waals surface area contributed by atoms with E-state index in [1.165, 1.54) is 10.9 Å². The molecule has 1 amide bonds. The number of carbonyl (C=O) groups excluding carboxylic acids is 1. The van der Waals surface area contributed by atoms with Gasteiger partial charge in [0, 0.05) is 23.1 Å². The van der Waals surface area contributed by atoms with E-state index < -0.39 is 0 Å². The zero-order chi connectivity index (χ0) is 16.2. The molecule has 0 aliphatic rings. The molecular weight excluding hydrogens is 358 g/mol. The van der Waals surface area contributed by atoms with Crippen LogP contribution < -0.4 is 10.9 Å². The average Bonchev–Trinajstić information content (AvgIpc) is 2.54. The molecule has 1 N–H and O–H groups in total. The summed E-state index contributed by atoms with van der Waals surface area (Å²) in [6.45, 7) is 0.288. The van der Waals surface area contributed by atoms with E-state index in [2.05, 4.69) is 26.2 Å². The Balaban J connectivity index is 1.70. The molecule has 23 heavy (non-hydrogen) atoms. The van der Waals surface area contributed by atoms with Crippen molar-refractivity contribution in [3.05, 3.63) is 69.7 Å². The Morgan fingerprint density at radius 3 is 2.83 bits per heavy atom. The Morgan fingerprint density at radius 1 is 1.17 bits per heavy atom. The maximum Gasteiger partial charge on any atom is 0.261 e. The molecule has 0 radical (unpaired) electrons. The second-order valence-corrected chi connectivity index (χ2v) is 5.98. The maximum absolute atomic E-state index is 12.3. The predicted molar refractivity (Wildman–Crippen MR) is 93.4 cm³/mol. The van der Waals surface area contributed by atoms with Gasteiger partial charge in [-0.2, -0.15) is 0 Å². The molecule has 0 fully saturated rings. The van der Waals surface area contributed by atoms with E-state index in [0.717, 1.165) is 4.47 Å². The molecule has 3 aromatic rings. The van der Waals surface area contributed by atoms with Crippen molar-refractivity contribution in [1.29, 1.82) is 0 Å². The molecule has 6 heteroatoms. The van der Waals surface area contributed by atoms with Crippen molar-refractivity contribution in [2.24, 2.45) is 0 Å². The van der Waals surface area contributed by atoms with Gasteiger partial charge in [-0.25, -0.2) is 4.98 Å². The number of nitrogens with zero attached hydrogens (tertiary/aromatic N) is 2. The van der Waals surface area contributed by atoms with Crippen LogP contribution in [-0.4, -0.2) is 15.5 Å². The summed E-state index contributed by atoms with van der Waals surface area (Å²) < 4.78 is 2.35. The van der Waals surface area contributed by atoms with E-state index in [1.54, 1.807) is 18.2 Å². The standard InChI is InChI=1S/C17H14BrN3O2/c18-12-4-3-5-13(10-12)20-16(22)8-9-21-11-19-15-7-2-1-6-14(15)17(21)23/h1-7,10-11H,8-9H2,(H,20,22). The van der Waals surface area contributed by atoms with Gasteiger partial charge in [-0.1, -0.05) is 34.1 Å². The lowest BCUT2D eigenvalue weighted by molar-refractivity contribution is -0.116. The summed E-state index contributed by atoms with van der Waals surface area (Å²) in [5.41, 5.74) is 1.24. The van der Waals surface area contributed by atoms with E-state index in [0.29, 0.717) is 16.6 Å². The molecular formula is C17H14BrN3O2. The van der Waals surface area contributed by atoms with Crippen LogP contribution >= 0.6 is 15.9 Å². The minimum Gasteiger partial charge on any atom is -0.326 e. The molecule has 0 saturated carbocycles. The third-order valence-electron chi connectivity index (χ3n) is 3.42. The number of aryl methyl sites for hydroxylation is 1. The molecule has 0 bridgehead atoms. The van der Waals surface area contributed by atoms with Crippen molar-refractivity contribution in [3.63, 3.8) is 0 Å². The number of nitrogens with one attached hydrogen (secondary N) is 1. The first-order valence-corrected chi connectivity index (χ1v) is 7.92. The zero-order valence-electron chi connectivity index (χ0n) is 12.2. The Morgan fingerprint density at radius 2 is 2.00 bits per heavy atom. The van der Waals surface area contributed by atoms with E-state index in [-0.39, 0.29) is 24.4 Å². The first-order chi connectivity index (χ1) is 11.1. The maximum atomic E-state index is 12.3. The summed E-state index contributed by atoms with van der Waals surface area (Å²) in [7, 11) is 0. The van der Waals surface area contributed by atoms with E-state index in [4.69, 9.17) is 0 Å². The van der Waals surface area contributed by atoms with Crippen molar-refractivity contribution in [1.82, 2.24) is 9.55 Å². The molecule has 0 unspecified atom stereocenters. The van der Waals surface area contributed by atoms with Crippen LogP contribution in [0.4, 0.5) is 5.69 Å². The molecule has 2 aromatic carbocycles. The van der Waals surface area contributed by atoms with Crippen LogP contribution in [0, 0.1) is 0 Å². The van der Waals surface area contributed by atoms with Gasteiger partial charge in [0.1, 0.15) is 0 Å². The number of rotatable bonds is 4. The van der Waals surface area contributed by atoms with Gasteiger partial charge in [0.2, 0.25) is 5.91 Å².